The maximum Gasteiger partial charge on any atom is 0.256 e. The quantitative estimate of drug-likeness (QED) is 0.822. The van der Waals surface area contributed by atoms with Crippen LogP contribution in [0.15, 0.2) is 30.3 Å². The van der Waals surface area contributed by atoms with Crippen LogP contribution < -0.4 is 5.32 Å². The highest BCUT2D eigenvalue weighted by Gasteiger charge is 2.22. The molecule has 0 aromatic heterocycles. The van der Waals surface area contributed by atoms with E-state index in [1.165, 1.54) is 11.9 Å². The number of hydrogen-bond acceptors (Lipinski definition) is 3. The summed E-state index contributed by atoms with van der Waals surface area (Å²) in [5, 5.41) is 12.6. The molecule has 1 atom stereocenters. The lowest BCUT2D eigenvalue weighted by molar-refractivity contribution is -0.142. The molecular formula is C14H20N2O3. The van der Waals surface area contributed by atoms with Gasteiger partial charge in [0.15, 0.2) is 6.10 Å². The van der Waals surface area contributed by atoms with E-state index < -0.39 is 12.0 Å². The molecule has 2 N–H and O–H groups in total. The normalized spacial score (nSPS) is 12.1. The Labute approximate surface area is 113 Å². The highest BCUT2D eigenvalue weighted by molar-refractivity contribution is 5.87. The van der Waals surface area contributed by atoms with E-state index in [1.54, 1.807) is 30.3 Å². The van der Waals surface area contributed by atoms with Crippen LogP contribution in [-0.4, -0.2) is 41.5 Å². The summed E-state index contributed by atoms with van der Waals surface area (Å²) in [4.78, 5) is 24.7. The zero-order valence-electron chi connectivity index (χ0n) is 11.5. The van der Waals surface area contributed by atoms with E-state index in [4.69, 9.17) is 0 Å². The van der Waals surface area contributed by atoms with E-state index in [9.17, 15) is 14.7 Å². The van der Waals surface area contributed by atoms with E-state index in [2.05, 4.69) is 5.32 Å². The summed E-state index contributed by atoms with van der Waals surface area (Å²) in [6.07, 6.45) is -1.24. The average molecular weight is 264 g/mol. The molecule has 0 spiro atoms. The van der Waals surface area contributed by atoms with Gasteiger partial charge < -0.3 is 15.3 Å². The molecule has 0 bridgehead atoms. The van der Waals surface area contributed by atoms with Crippen molar-refractivity contribution >= 4 is 11.8 Å². The first-order valence-electron chi connectivity index (χ1n) is 6.19. The van der Waals surface area contributed by atoms with Crippen molar-refractivity contribution in [1.29, 1.82) is 0 Å². The van der Waals surface area contributed by atoms with Gasteiger partial charge in [-0.1, -0.05) is 30.3 Å². The molecule has 0 aliphatic heterocycles. The van der Waals surface area contributed by atoms with Crippen molar-refractivity contribution in [3.63, 3.8) is 0 Å². The van der Waals surface area contributed by atoms with E-state index in [0.717, 1.165) is 0 Å². The highest BCUT2D eigenvalue weighted by atomic mass is 16.3. The third kappa shape index (κ3) is 4.71. The lowest BCUT2D eigenvalue weighted by atomic mass is 10.1. The largest absolute Gasteiger partial charge is 0.378 e. The van der Waals surface area contributed by atoms with E-state index in [1.807, 2.05) is 13.8 Å². The van der Waals surface area contributed by atoms with Crippen LogP contribution in [0, 0.1) is 0 Å². The van der Waals surface area contributed by atoms with Gasteiger partial charge in [-0.05, 0) is 19.4 Å². The molecule has 5 nitrogen and oxygen atoms in total. The summed E-state index contributed by atoms with van der Waals surface area (Å²) in [6, 6.07) is 8.67. The SMILES string of the molecule is CC(C)NC(=O)CN(C)C(=O)C(O)c1ccccc1. The van der Waals surface area contributed by atoms with Crippen LogP contribution in [0.2, 0.25) is 0 Å². The summed E-state index contributed by atoms with van der Waals surface area (Å²) >= 11 is 0. The molecule has 0 aliphatic rings. The number of rotatable bonds is 5. The van der Waals surface area contributed by atoms with Crippen LogP contribution in [0.4, 0.5) is 0 Å². The van der Waals surface area contributed by atoms with E-state index in [0.29, 0.717) is 5.56 Å². The first-order valence-corrected chi connectivity index (χ1v) is 6.19. The van der Waals surface area contributed by atoms with Gasteiger partial charge in [0.25, 0.3) is 5.91 Å². The van der Waals surface area contributed by atoms with Crippen molar-refractivity contribution in [2.45, 2.75) is 26.0 Å². The Hall–Kier alpha value is -1.88. The summed E-state index contributed by atoms with van der Waals surface area (Å²) in [5.41, 5.74) is 0.517. The zero-order valence-corrected chi connectivity index (χ0v) is 11.5. The third-order valence-corrected chi connectivity index (χ3v) is 2.56. The second-order valence-electron chi connectivity index (χ2n) is 4.73. The second kappa shape index (κ2) is 6.89. The van der Waals surface area contributed by atoms with Gasteiger partial charge >= 0.3 is 0 Å². The van der Waals surface area contributed by atoms with Crippen LogP contribution in [0.25, 0.3) is 0 Å². The Morgan fingerprint density at radius 2 is 1.84 bits per heavy atom. The van der Waals surface area contributed by atoms with Gasteiger partial charge in [-0.25, -0.2) is 0 Å². The molecule has 5 heteroatoms. The molecule has 0 saturated carbocycles. The Morgan fingerprint density at radius 1 is 1.26 bits per heavy atom. The standard InChI is InChI=1S/C14H20N2O3/c1-10(2)15-12(17)9-16(3)14(19)13(18)11-7-5-4-6-8-11/h4-8,10,13,18H,9H2,1-3H3,(H,15,17). The number of nitrogens with one attached hydrogen (secondary N) is 1. The molecule has 1 aromatic rings. The Bertz CT molecular complexity index is 432. The van der Waals surface area contributed by atoms with Crippen LogP contribution >= 0.6 is 0 Å². The van der Waals surface area contributed by atoms with Crippen molar-refractivity contribution in [2.24, 2.45) is 0 Å². The molecule has 0 saturated heterocycles. The number of amides is 2. The smallest absolute Gasteiger partial charge is 0.256 e. The van der Waals surface area contributed by atoms with Crippen LogP contribution in [0.5, 0.6) is 0 Å². The fourth-order valence-corrected chi connectivity index (χ4v) is 1.65. The molecule has 1 aromatic carbocycles. The fraction of sp³-hybridized carbons (Fsp3) is 0.429. The molecule has 0 heterocycles. The zero-order chi connectivity index (χ0) is 14.4. The molecule has 19 heavy (non-hydrogen) atoms. The molecule has 0 radical (unpaired) electrons. The predicted octanol–water partition coefficient (Wildman–Crippen LogP) is 0.703. The molecule has 104 valence electrons. The summed E-state index contributed by atoms with van der Waals surface area (Å²) in [7, 11) is 1.49. The average Bonchev–Trinajstić information content (AvgIpc) is 2.36. The molecule has 1 unspecified atom stereocenters. The summed E-state index contributed by atoms with van der Waals surface area (Å²) in [6.45, 7) is 3.62. The molecule has 2 amide bonds. The maximum absolute atomic E-state index is 12.0. The highest BCUT2D eigenvalue weighted by Crippen LogP contribution is 2.14. The number of aliphatic hydroxyl groups excluding tert-OH is 1. The van der Waals surface area contributed by atoms with Crippen molar-refractivity contribution in [2.75, 3.05) is 13.6 Å². The number of hydrogen-bond donors (Lipinski definition) is 2. The first-order chi connectivity index (χ1) is 8.91. The van der Waals surface area contributed by atoms with Gasteiger partial charge in [0.2, 0.25) is 5.91 Å². The van der Waals surface area contributed by atoms with Gasteiger partial charge in [0.1, 0.15) is 0 Å². The minimum absolute atomic E-state index is 0.0232. The maximum atomic E-state index is 12.0. The summed E-state index contributed by atoms with van der Waals surface area (Å²) < 4.78 is 0. The number of carbonyl (C=O) groups is 2. The lowest BCUT2D eigenvalue weighted by Crippen LogP contribution is -2.42. The van der Waals surface area contributed by atoms with Gasteiger partial charge in [-0.15, -0.1) is 0 Å². The van der Waals surface area contributed by atoms with Crippen molar-refractivity contribution in [3.05, 3.63) is 35.9 Å². The number of likely N-dealkylation sites (N-methyl/N-ethyl adjacent to an activating group) is 1. The van der Waals surface area contributed by atoms with Gasteiger partial charge in [0.05, 0.1) is 6.54 Å². The Balaban J connectivity index is 2.60. The Morgan fingerprint density at radius 3 is 2.37 bits per heavy atom. The number of nitrogens with zero attached hydrogens (tertiary/aromatic N) is 1. The van der Waals surface area contributed by atoms with Gasteiger partial charge in [-0.2, -0.15) is 0 Å². The predicted molar refractivity (Wildman–Crippen MR) is 72.3 cm³/mol. The number of carbonyl (C=O) groups excluding carboxylic acids is 2. The molecule has 1 rings (SSSR count). The van der Waals surface area contributed by atoms with Crippen molar-refractivity contribution < 1.29 is 14.7 Å². The van der Waals surface area contributed by atoms with Crippen molar-refractivity contribution in [3.8, 4) is 0 Å². The Kier molecular flexibility index (Phi) is 5.51. The monoisotopic (exact) mass is 264 g/mol. The molecule has 0 aliphatic carbocycles. The van der Waals surface area contributed by atoms with Crippen LogP contribution in [-0.2, 0) is 9.59 Å². The van der Waals surface area contributed by atoms with Crippen molar-refractivity contribution in [1.82, 2.24) is 10.2 Å². The molecule has 0 fully saturated rings. The molecular weight excluding hydrogens is 244 g/mol. The van der Waals surface area contributed by atoms with Gasteiger partial charge in [-0.3, -0.25) is 9.59 Å². The van der Waals surface area contributed by atoms with Crippen LogP contribution in [0.3, 0.4) is 0 Å². The van der Waals surface area contributed by atoms with Crippen LogP contribution in [0.1, 0.15) is 25.5 Å². The minimum Gasteiger partial charge on any atom is -0.378 e. The number of benzene rings is 1. The first kappa shape index (κ1) is 15.2. The second-order valence-corrected chi connectivity index (χ2v) is 4.73. The fourth-order valence-electron chi connectivity index (χ4n) is 1.65. The third-order valence-electron chi connectivity index (χ3n) is 2.56. The van der Waals surface area contributed by atoms with Gasteiger partial charge in [0, 0.05) is 13.1 Å². The van der Waals surface area contributed by atoms with E-state index >= 15 is 0 Å². The summed E-state index contributed by atoms with van der Waals surface area (Å²) in [5.74, 6) is -0.740. The lowest BCUT2D eigenvalue weighted by Gasteiger charge is -2.21. The van der Waals surface area contributed by atoms with E-state index in [-0.39, 0.29) is 18.5 Å². The number of aliphatic hydroxyl groups is 1. The minimum atomic E-state index is -1.24. The topological polar surface area (TPSA) is 69.6 Å².